The smallest absolute Gasteiger partial charge is 0.269 e. The van der Waals surface area contributed by atoms with Crippen molar-refractivity contribution in [2.75, 3.05) is 5.75 Å². The molecule has 0 aliphatic heterocycles. The van der Waals surface area contributed by atoms with Gasteiger partial charge in [-0.1, -0.05) is 41.2 Å². The monoisotopic (exact) mass is 457 g/mol. The molecule has 3 aromatic rings. The summed E-state index contributed by atoms with van der Waals surface area (Å²) >= 11 is 2.72. The first-order chi connectivity index (χ1) is 14.8. The predicted molar refractivity (Wildman–Crippen MR) is 120 cm³/mol. The molecule has 0 saturated heterocycles. The maximum atomic E-state index is 12.1. The Balaban J connectivity index is 1.47. The number of hydrogen-bond acceptors (Lipinski definition) is 8. The van der Waals surface area contributed by atoms with E-state index < -0.39 is 0 Å². The standard InChI is InChI=1S/C20H23N7O2S2/c1-12-5-7-15(8-6-12)18(29)25-24-17(28)11-31-20-26-23-16(27(20)4)10-30-19-21-13(2)9-14(3)22-19/h5-9H,10-11H2,1-4H3,(H,24,28)(H,25,29). The molecule has 31 heavy (non-hydrogen) atoms. The molecular formula is C20H23N7O2S2. The maximum Gasteiger partial charge on any atom is 0.269 e. The van der Waals surface area contributed by atoms with E-state index >= 15 is 0 Å². The second-order valence-corrected chi connectivity index (χ2v) is 8.72. The lowest BCUT2D eigenvalue weighted by molar-refractivity contribution is -0.119. The van der Waals surface area contributed by atoms with Crippen LogP contribution in [0.2, 0.25) is 0 Å². The van der Waals surface area contributed by atoms with Crippen molar-refractivity contribution in [3.05, 3.63) is 58.7 Å². The van der Waals surface area contributed by atoms with Crippen molar-refractivity contribution in [3.8, 4) is 0 Å². The summed E-state index contributed by atoms with van der Waals surface area (Å²) in [6.45, 7) is 5.81. The van der Waals surface area contributed by atoms with Gasteiger partial charge in [-0.3, -0.25) is 20.4 Å². The highest BCUT2D eigenvalue weighted by atomic mass is 32.2. The van der Waals surface area contributed by atoms with Crippen LogP contribution in [0.15, 0.2) is 40.6 Å². The van der Waals surface area contributed by atoms with Crippen molar-refractivity contribution in [3.63, 3.8) is 0 Å². The first-order valence-electron chi connectivity index (χ1n) is 9.44. The molecule has 0 fully saturated rings. The van der Waals surface area contributed by atoms with E-state index in [1.807, 2.05) is 50.6 Å². The molecule has 0 unspecified atom stereocenters. The summed E-state index contributed by atoms with van der Waals surface area (Å²) in [6, 6.07) is 9.00. The molecule has 0 radical (unpaired) electrons. The molecular weight excluding hydrogens is 434 g/mol. The molecule has 3 rings (SSSR count). The molecule has 0 spiro atoms. The minimum absolute atomic E-state index is 0.0908. The number of aryl methyl sites for hydroxylation is 3. The normalized spacial score (nSPS) is 10.7. The molecule has 2 aromatic heterocycles. The second kappa shape index (κ2) is 10.4. The molecule has 2 N–H and O–H groups in total. The molecule has 11 heteroatoms. The molecule has 0 saturated carbocycles. The largest absolute Gasteiger partial charge is 0.308 e. The van der Waals surface area contributed by atoms with Gasteiger partial charge in [0.05, 0.1) is 11.5 Å². The van der Waals surface area contributed by atoms with Crippen molar-refractivity contribution in [2.24, 2.45) is 7.05 Å². The van der Waals surface area contributed by atoms with E-state index in [9.17, 15) is 9.59 Å². The number of carbonyl (C=O) groups is 2. The highest BCUT2D eigenvalue weighted by Crippen LogP contribution is 2.21. The minimum Gasteiger partial charge on any atom is -0.308 e. The maximum absolute atomic E-state index is 12.1. The summed E-state index contributed by atoms with van der Waals surface area (Å²) in [5.74, 6) is 0.695. The molecule has 2 heterocycles. The van der Waals surface area contributed by atoms with Crippen LogP contribution in [0.5, 0.6) is 0 Å². The highest BCUT2D eigenvalue weighted by Gasteiger charge is 2.13. The van der Waals surface area contributed by atoms with Crippen LogP contribution in [0, 0.1) is 20.8 Å². The molecule has 0 aliphatic rings. The Morgan fingerprint density at radius 3 is 2.32 bits per heavy atom. The van der Waals surface area contributed by atoms with Gasteiger partial charge in [0, 0.05) is 24.0 Å². The van der Waals surface area contributed by atoms with E-state index in [1.54, 1.807) is 12.1 Å². The number of benzene rings is 1. The average Bonchev–Trinajstić information content (AvgIpc) is 3.08. The highest BCUT2D eigenvalue weighted by molar-refractivity contribution is 7.99. The van der Waals surface area contributed by atoms with Gasteiger partial charge in [0.15, 0.2) is 10.3 Å². The van der Waals surface area contributed by atoms with Gasteiger partial charge in [-0.2, -0.15) is 0 Å². The fourth-order valence-electron chi connectivity index (χ4n) is 2.55. The molecule has 9 nitrogen and oxygen atoms in total. The third kappa shape index (κ3) is 6.53. The van der Waals surface area contributed by atoms with Gasteiger partial charge in [0.25, 0.3) is 5.91 Å². The fourth-order valence-corrected chi connectivity index (χ4v) is 4.21. The zero-order chi connectivity index (χ0) is 22.4. The van der Waals surface area contributed by atoms with Crippen LogP contribution in [-0.4, -0.2) is 42.3 Å². The van der Waals surface area contributed by atoms with E-state index in [2.05, 4.69) is 31.0 Å². The van der Waals surface area contributed by atoms with Gasteiger partial charge in [-0.25, -0.2) is 9.97 Å². The van der Waals surface area contributed by atoms with Crippen LogP contribution in [0.3, 0.4) is 0 Å². The number of amides is 2. The lowest BCUT2D eigenvalue weighted by Gasteiger charge is -2.07. The van der Waals surface area contributed by atoms with Crippen LogP contribution in [0.4, 0.5) is 0 Å². The number of nitrogens with zero attached hydrogens (tertiary/aromatic N) is 5. The first-order valence-corrected chi connectivity index (χ1v) is 11.4. The number of thioether (sulfide) groups is 2. The fraction of sp³-hybridized carbons (Fsp3) is 0.300. The number of nitrogens with one attached hydrogen (secondary N) is 2. The summed E-state index contributed by atoms with van der Waals surface area (Å²) in [6.07, 6.45) is 0. The number of hydrazine groups is 1. The quantitative estimate of drug-likeness (QED) is 0.316. The Morgan fingerprint density at radius 1 is 0.968 bits per heavy atom. The van der Waals surface area contributed by atoms with Crippen LogP contribution < -0.4 is 10.9 Å². The Labute approximate surface area is 188 Å². The SMILES string of the molecule is Cc1ccc(C(=O)NNC(=O)CSc2nnc(CSc3nc(C)cc(C)n3)n2C)cc1. The predicted octanol–water partition coefficient (Wildman–Crippen LogP) is 2.38. The zero-order valence-corrected chi connectivity index (χ0v) is 19.3. The molecule has 2 amide bonds. The summed E-state index contributed by atoms with van der Waals surface area (Å²) in [4.78, 5) is 32.9. The molecule has 1 aromatic carbocycles. The van der Waals surface area contributed by atoms with Gasteiger partial charge < -0.3 is 4.57 Å². The number of rotatable bonds is 7. The molecule has 0 bridgehead atoms. The molecule has 0 atom stereocenters. The lowest BCUT2D eigenvalue weighted by atomic mass is 10.1. The Morgan fingerprint density at radius 2 is 1.65 bits per heavy atom. The summed E-state index contributed by atoms with van der Waals surface area (Å²) in [7, 11) is 1.84. The number of aromatic nitrogens is 5. The third-order valence-electron chi connectivity index (χ3n) is 4.18. The van der Waals surface area contributed by atoms with E-state index in [0.29, 0.717) is 21.6 Å². The minimum atomic E-state index is -0.370. The van der Waals surface area contributed by atoms with E-state index in [1.165, 1.54) is 23.5 Å². The van der Waals surface area contributed by atoms with E-state index in [0.717, 1.165) is 22.8 Å². The van der Waals surface area contributed by atoms with Crippen LogP contribution in [-0.2, 0) is 17.6 Å². The zero-order valence-electron chi connectivity index (χ0n) is 17.7. The van der Waals surface area contributed by atoms with Crippen molar-refractivity contribution < 1.29 is 9.59 Å². The Kier molecular flexibility index (Phi) is 7.64. The van der Waals surface area contributed by atoms with Gasteiger partial charge in [0.1, 0.15) is 5.82 Å². The second-order valence-electron chi connectivity index (χ2n) is 6.84. The van der Waals surface area contributed by atoms with Crippen molar-refractivity contribution in [1.82, 2.24) is 35.6 Å². The van der Waals surface area contributed by atoms with Crippen molar-refractivity contribution in [2.45, 2.75) is 36.8 Å². The Hall–Kier alpha value is -2.92. The third-order valence-corrected chi connectivity index (χ3v) is 6.04. The topological polar surface area (TPSA) is 115 Å². The summed E-state index contributed by atoms with van der Waals surface area (Å²) < 4.78 is 1.83. The first kappa shape index (κ1) is 22.8. The van der Waals surface area contributed by atoms with Crippen LogP contribution in [0.25, 0.3) is 0 Å². The Bertz CT molecular complexity index is 1060. The van der Waals surface area contributed by atoms with Crippen LogP contribution >= 0.6 is 23.5 Å². The van der Waals surface area contributed by atoms with E-state index in [-0.39, 0.29) is 17.6 Å². The van der Waals surface area contributed by atoms with Crippen molar-refractivity contribution in [1.29, 1.82) is 0 Å². The van der Waals surface area contributed by atoms with Crippen LogP contribution in [0.1, 0.15) is 33.1 Å². The summed E-state index contributed by atoms with van der Waals surface area (Å²) in [5, 5.41) is 9.63. The molecule has 0 aliphatic carbocycles. The van der Waals surface area contributed by atoms with Gasteiger partial charge in [-0.05, 0) is 39.0 Å². The lowest BCUT2D eigenvalue weighted by Crippen LogP contribution is -2.42. The number of hydrogen-bond donors (Lipinski definition) is 2. The van der Waals surface area contributed by atoms with Gasteiger partial charge in [-0.15, -0.1) is 10.2 Å². The summed E-state index contributed by atoms with van der Waals surface area (Å²) in [5.41, 5.74) is 8.19. The van der Waals surface area contributed by atoms with Gasteiger partial charge >= 0.3 is 0 Å². The van der Waals surface area contributed by atoms with Crippen molar-refractivity contribution >= 4 is 35.3 Å². The number of carbonyl (C=O) groups excluding carboxylic acids is 2. The average molecular weight is 458 g/mol. The van der Waals surface area contributed by atoms with Gasteiger partial charge in [0.2, 0.25) is 5.91 Å². The van der Waals surface area contributed by atoms with E-state index in [4.69, 9.17) is 0 Å². The molecule has 162 valence electrons.